The van der Waals surface area contributed by atoms with Gasteiger partial charge in [-0.25, -0.2) is 4.79 Å². The van der Waals surface area contributed by atoms with E-state index in [1.807, 2.05) is 29.2 Å². The van der Waals surface area contributed by atoms with Gasteiger partial charge in [-0.15, -0.1) is 0 Å². The third-order valence-corrected chi connectivity index (χ3v) is 4.02. The number of carboxylic acid groups (broad SMARTS) is 1. The smallest absolute Gasteiger partial charge is 0.328 e. The standard InChI is InChI=1S/C15H22N2O3/c1-15(14(18)19,17-9-4-7-16-8-10-17)12-5-3-6-13(11-12)20-2/h3,5-6,11,16H,4,7-10H2,1-2H3,(H,18,19). The number of hydrogen-bond donors (Lipinski definition) is 2. The van der Waals surface area contributed by atoms with Gasteiger partial charge in [0.2, 0.25) is 0 Å². The van der Waals surface area contributed by atoms with Gasteiger partial charge >= 0.3 is 5.97 Å². The molecule has 1 saturated heterocycles. The molecule has 1 aromatic rings. The Bertz CT molecular complexity index is 470. The highest BCUT2D eigenvalue weighted by Gasteiger charge is 2.41. The Balaban J connectivity index is 2.39. The lowest BCUT2D eigenvalue weighted by Crippen LogP contribution is -2.51. The van der Waals surface area contributed by atoms with Gasteiger partial charge < -0.3 is 15.2 Å². The van der Waals surface area contributed by atoms with Crippen LogP contribution in [0.4, 0.5) is 0 Å². The Labute approximate surface area is 119 Å². The molecular weight excluding hydrogens is 256 g/mol. The van der Waals surface area contributed by atoms with Crippen LogP contribution >= 0.6 is 0 Å². The van der Waals surface area contributed by atoms with Crippen molar-refractivity contribution in [1.82, 2.24) is 10.2 Å². The normalized spacial score (nSPS) is 19.9. The van der Waals surface area contributed by atoms with E-state index >= 15 is 0 Å². The molecule has 1 atom stereocenters. The molecule has 0 saturated carbocycles. The van der Waals surface area contributed by atoms with Crippen LogP contribution in [0.5, 0.6) is 5.75 Å². The van der Waals surface area contributed by atoms with Gasteiger partial charge in [-0.05, 0) is 37.6 Å². The largest absolute Gasteiger partial charge is 0.497 e. The Morgan fingerprint density at radius 2 is 2.20 bits per heavy atom. The monoisotopic (exact) mass is 278 g/mol. The zero-order chi connectivity index (χ0) is 14.6. The quantitative estimate of drug-likeness (QED) is 0.869. The fourth-order valence-corrected chi connectivity index (χ4v) is 2.66. The minimum absolute atomic E-state index is 0.683. The highest BCUT2D eigenvalue weighted by molar-refractivity contribution is 5.80. The highest BCUT2D eigenvalue weighted by atomic mass is 16.5. The second-order valence-electron chi connectivity index (χ2n) is 5.20. The van der Waals surface area contributed by atoms with Crippen molar-refractivity contribution in [2.45, 2.75) is 18.9 Å². The van der Waals surface area contributed by atoms with Crippen molar-refractivity contribution < 1.29 is 14.6 Å². The van der Waals surface area contributed by atoms with Crippen molar-refractivity contribution in [2.75, 3.05) is 33.3 Å². The van der Waals surface area contributed by atoms with E-state index in [0.717, 1.165) is 38.2 Å². The van der Waals surface area contributed by atoms with Crippen LogP contribution in [0.3, 0.4) is 0 Å². The molecule has 1 aromatic carbocycles. The van der Waals surface area contributed by atoms with Crippen LogP contribution < -0.4 is 10.1 Å². The molecule has 2 rings (SSSR count). The number of benzene rings is 1. The van der Waals surface area contributed by atoms with Crippen molar-refractivity contribution in [2.24, 2.45) is 0 Å². The summed E-state index contributed by atoms with van der Waals surface area (Å²) in [7, 11) is 1.59. The second kappa shape index (κ2) is 6.24. The predicted molar refractivity (Wildman–Crippen MR) is 77.0 cm³/mol. The first-order valence-electron chi connectivity index (χ1n) is 6.92. The number of methoxy groups -OCH3 is 1. The highest BCUT2D eigenvalue weighted by Crippen LogP contribution is 2.31. The maximum absolute atomic E-state index is 11.9. The van der Waals surface area contributed by atoms with Crippen molar-refractivity contribution in [3.63, 3.8) is 0 Å². The lowest BCUT2D eigenvalue weighted by molar-refractivity contribution is -0.151. The molecule has 0 aliphatic carbocycles. The molecule has 1 aliphatic heterocycles. The minimum atomic E-state index is -1.03. The van der Waals surface area contributed by atoms with E-state index in [0.29, 0.717) is 5.75 Å². The van der Waals surface area contributed by atoms with Crippen LogP contribution in [0.1, 0.15) is 18.9 Å². The number of rotatable bonds is 4. The van der Waals surface area contributed by atoms with Gasteiger partial charge in [0, 0.05) is 19.6 Å². The average Bonchev–Trinajstić information content (AvgIpc) is 2.75. The molecule has 0 spiro atoms. The molecule has 5 nitrogen and oxygen atoms in total. The molecule has 1 unspecified atom stereocenters. The van der Waals surface area contributed by atoms with Crippen molar-refractivity contribution in [3.8, 4) is 5.75 Å². The van der Waals surface area contributed by atoms with E-state index < -0.39 is 11.5 Å². The van der Waals surface area contributed by atoms with Gasteiger partial charge in [-0.2, -0.15) is 0 Å². The summed E-state index contributed by atoms with van der Waals surface area (Å²) >= 11 is 0. The number of carboxylic acids is 1. The first-order valence-corrected chi connectivity index (χ1v) is 6.92. The summed E-state index contributed by atoms with van der Waals surface area (Å²) < 4.78 is 5.22. The van der Waals surface area contributed by atoms with Crippen molar-refractivity contribution >= 4 is 5.97 Å². The summed E-state index contributed by atoms with van der Waals surface area (Å²) in [6, 6.07) is 7.34. The summed E-state index contributed by atoms with van der Waals surface area (Å²) in [4.78, 5) is 14.0. The van der Waals surface area contributed by atoms with Gasteiger partial charge in [0.1, 0.15) is 11.3 Å². The van der Waals surface area contributed by atoms with Crippen LogP contribution in [-0.2, 0) is 10.3 Å². The molecule has 0 bridgehead atoms. The van der Waals surface area contributed by atoms with Crippen LogP contribution in [0.25, 0.3) is 0 Å². The van der Waals surface area contributed by atoms with E-state index in [1.54, 1.807) is 14.0 Å². The van der Waals surface area contributed by atoms with Crippen LogP contribution in [0.2, 0.25) is 0 Å². The Kier molecular flexibility index (Phi) is 4.62. The van der Waals surface area contributed by atoms with Crippen LogP contribution in [0, 0.1) is 0 Å². The molecule has 5 heteroatoms. The molecule has 0 amide bonds. The van der Waals surface area contributed by atoms with E-state index in [2.05, 4.69) is 5.32 Å². The summed E-state index contributed by atoms with van der Waals surface area (Å²) in [5, 5.41) is 13.1. The zero-order valence-electron chi connectivity index (χ0n) is 12.1. The molecule has 2 N–H and O–H groups in total. The number of carbonyl (C=O) groups is 1. The predicted octanol–water partition coefficient (Wildman–Crippen LogP) is 1.29. The Morgan fingerprint density at radius 1 is 1.40 bits per heavy atom. The second-order valence-corrected chi connectivity index (χ2v) is 5.20. The summed E-state index contributed by atoms with van der Waals surface area (Å²) in [5.74, 6) is -0.143. The lowest BCUT2D eigenvalue weighted by Gasteiger charge is -2.37. The van der Waals surface area contributed by atoms with E-state index in [9.17, 15) is 9.90 Å². The van der Waals surface area contributed by atoms with Gasteiger partial charge in [-0.3, -0.25) is 4.90 Å². The number of nitrogens with zero attached hydrogens (tertiary/aromatic N) is 1. The minimum Gasteiger partial charge on any atom is -0.497 e. The molecule has 110 valence electrons. The number of ether oxygens (including phenoxy) is 1. The van der Waals surface area contributed by atoms with Crippen molar-refractivity contribution in [1.29, 1.82) is 0 Å². The SMILES string of the molecule is COc1cccc(C(C)(C(=O)O)N2CCCNCC2)c1. The number of aliphatic carboxylic acids is 1. The Morgan fingerprint density at radius 3 is 2.90 bits per heavy atom. The summed E-state index contributed by atoms with van der Waals surface area (Å²) in [6.07, 6.45) is 0.951. The van der Waals surface area contributed by atoms with Crippen LogP contribution in [0.15, 0.2) is 24.3 Å². The van der Waals surface area contributed by atoms with E-state index in [1.165, 1.54) is 0 Å². The van der Waals surface area contributed by atoms with Crippen molar-refractivity contribution in [3.05, 3.63) is 29.8 Å². The van der Waals surface area contributed by atoms with Gasteiger partial charge in [0.05, 0.1) is 7.11 Å². The third-order valence-electron chi connectivity index (χ3n) is 4.02. The Hall–Kier alpha value is -1.59. The van der Waals surface area contributed by atoms with E-state index in [-0.39, 0.29) is 0 Å². The van der Waals surface area contributed by atoms with E-state index in [4.69, 9.17) is 4.74 Å². The zero-order valence-corrected chi connectivity index (χ0v) is 12.1. The first-order chi connectivity index (χ1) is 9.59. The fourth-order valence-electron chi connectivity index (χ4n) is 2.66. The molecule has 1 fully saturated rings. The summed E-state index contributed by atoms with van der Waals surface area (Å²) in [6.45, 7) is 5.01. The van der Waals surface area contributed by atoms with Crippen LogP contribution in [-0.4, -0.2) is 49.3 Å². The maximum Gasteiger partial charge on any atom is 0.328 e. The fraction of sp³-hybridized carbons (Fsp3) is 0.533. The molecule has 1 heterocycles. The van der Waals surface area contributed by atoms with Gasteiger partial charge in [0.25, 0.3) is 0 Å². The molecule has 0 radical (unpaired) electrons. The molecular formula is C15H22N2O3. The maximum atomic E-state index is 11.9. The average molecular weight is 278 g/mol. The molecule has 1 aliphatic rings. The third kappa shape index (κ3) is 2.78. The van der Waals surface area contributed by atoms with Gasteiger partial charge in [-0.1, -0.05) is 12.1 Å². The molecule has 20 heavy (non-hydrogen) atoms. The lowest BCUT2D eigenvalue weighted by atomic mass is 9.89. The van der Waals surface area contributed by atoms with Gasteiger partial charge in [0.15, 0.2) is 0 Å². The molecule has 0 aromatic heterocycles. The summed E-state index contributed by atoms with van der Waals surface area (Å²) in [5.41, 5.74) is -0.271. The topological polar surface area (TPSA) is 61.8 Å². The number of hydrogen-bond acceptors (Lipinski definition) is 4. The number of nitrogens with one attached hydrogen (secondary N) is 1. The first kappa shape index (κ1) is 14.8.